The number of quaternary nitrogens is 1. The van der Waals surface area contributed by atoms with E-state index in [4.69, 9.17) is 0 Å². The number of hydrogen-bond acceptors (Lipinski definition) is 0. The second kappa shape index (κ2) is 3.02. The molecule has 0 aromatic heterocycles. The van der Waals surface area contributed by atoms with E-state index in [1.54, 1.807) is 4.90 Å². The largest absolute Gasteiger partial charge is 0.337 e. The van der Waals surface area contributed by atoms with Crippen LogP contribution in [0.4, 0.5) is 0 Å². The Morgan fingerprint density at radius 2 is 2.00 bits per heavy atom. The summed E-state index contributed by atoms with van der Waals surface area (Å²) in [6.07, 6.45) is 4.79. The lowest BCUT2D eigenvalue weighted by Crippen LogP contribution is -3.10. The third kappa shape index (κ3) is 1.83. The van der Waals surface area contributed by atoms with Crippen LogP contribution in [0.25, 0.3) is 0 Å². The maximum atomic E-state index is 3.80. The summed E-state index contributed by atoms with van der Waals surface area (Å²) < 4.78 is 0. The summed E-state index contributed by atoms with van der Waals surface area (Å²) in [7, 11) is 2.26. The van der Waals surface area contributed by atoms with Crippen molar-refractivity contribution in [2.75, 3.05) is 20.1 Å². The van der Waals surface area contributed by atoms with Crippen molar-refractivity contribution >= 4 is 0 Å². The molecule has 1 heterocycles. The summed E-state index contributed by atoms with van der Waals surface area (Å²) in [5, 5.41) is 0. The van der Waals surface area contributed by atoms with Crippen LogP contribution in [0.2, 0.25) is 0 Å². The van der Waals surface area contributed by atoms with Gasteiger partial charge < -0.3 is 4.90 Å². The van der Waals surface area contributed by atoms with Gasteiger partial charge in [0.05, 0.1) is 20.1 Å². The van der Waals surface area contributed by atoms with Gasteiger partial charge in [-0.2, -0.15) is 0 Å². The first-order valence-electron chi connectivity index (χ1n) is 3.77. The highest BCUT2D eigenvalue weighted by molar-refractivity contribution is 4.79. The Balaban J connectivity index is 2.26. The molecule has 0 bridgehead atoms. The Morgan fingerprint density at radius 1 is 1.44 bits per heavy atom. The van der Waals surface area contributed by atoms with Crippen LogP contribution in [0.3, 0.4) is 0 Å². The topological polar surface area (TPSA) is 4.44 Å². The molecule has 1 fully saturated rings. The summed E-state index contributed by atoms with van der Waals surface area (Å²) in [5.41, 5.74) is 0. The molecule has 1 aliphatic rings. The van der Waals surface area contributed by atoms with Gasteiger partial charge in [-0.1, -0.05) is 6.08 Å². The molecule has 0 saturated carbocycles. The summed E-state index contributed by atoms with van der Waals surface area (Å²) >= 11 is 0. The molecule has 1 N–H and O–H groups in total. The number of rotatable bonds is 1. The van der Waals surface area contributed by atoms with Gasteiger partial charge in [0.15, 0.2) is 0 Å². The van der Waals surface area contributed by atoms with E-state index in [0.717, 1.165) is 5.92 Å². The smallest absolute Gasteiger partial charge is 0.0774 e. The van der Waals surface area contributed by atoms with E-state index in [1.807, 2.05) is 0 Å². The molecule has 1 aliphatic heterocycles. The Bertz CT molecular complexity index is 90.7. The van der Waals surface area contributed by atoms with Crippen molar-refractivity contribution in [1.82, 2.24) is 0 Å². The predicted molar refractivity (Wildman–Crippen MR) is 39.5 cm³/mol. The first kappa shape index (κ1) is 6.81. The zero-order valence-corrected chi connectivity index (χ0v) is 6.19. The van der Waals surface area contributed by atoms with Crippen molar-refractivity contribution in [2.45, 2.75) is 12.8 Å². The normalized spacial score (nSPS) is 36.1. The van der Waals surface area contributed by atoms with Gasteiger partial charge in [0.2, 0.25) is 0 Å². The van der Waals surface area contributed by atoms with Crippen LogP contribution in [0.15, 0.2) is 12.7 Å². The lowest BCUT2D eigenvalue weighted by molar-refractivity contribution is -0.885. The lowest BCUT2D eigenvalue weighted by Gasteiger charge is -2.23. The second-order valence-electron chi connectivity index (χ2n) is 3.03. The Labute approximate surface area is 57.4 Å². The first-order valence-corrected chi connectivity index (χ1v) is 3.77. The maximum absolute atomic E-state index is 3.80. The van der Waals surface area contributed by atoms with Crippen LogP contribution in [-0.4, -0.2) is 20.1 Å². The summed E-state index contributed by atoms with van der Waals surface area (Å²) in [6, 6.07) is 0. The molecule has 0 radical (unpaired) electrons. The van der Waals surface area contributed by atoms with Crippen LogP contribution in [0.5, 0.6) is 0 Å². The third-order valence-corrected chi connectivity index (χ3v) is 2.22. The Morgan fingerprint density at radius 3 is 2.44 bits per heavy atom. The van der Waals surface area contributed by atoms with Crippen LogP contribution in [-0.2, 0) is 0 Å². The minimum Gasteiger partial charge on any atom is -0.337 e. The summed E-state index contributed by atoms with van der Waals surface area (Å²) in [5.74, 6) is 0.814. The minimum absolute atomic E-state index is 0.814. The van der Waals surface area contributed by atoms with Crippen molar-refractivity contribution in [3.63, 3.8) is 0 Å². The fraction of sp³-hybridized carbons (Fsp3) is 0.750. The van der Waals surface area contributed by atoms with E-state index in [0.29, 0.717) is 0 Å². The van der Waals surface area contributed by atoms with Crippen LogP contribution in [0, 0.1) is 5.92 Å². The molecule has 1 rings (SSSR count). The second-order valence-corrected chi connectivity index (χ2v) is 3.03. The van der Waals surface area contributed by atoms with Gasteiger partial charge in [-0.25, -0.2) is 0 Å². The van der Waals surface area contributed by atoms with E-state index in [1.165, 1.54) is 25.9 Å². The molecular weight excluding hydrogens is 110 g/mol. The average molecular weight is 126 g/mol. The van der Waals surface area contributed by atoms with Crippen LogP contribution < -0.4 is 4.90 Å². The fourth-order valence-corrected chi connectivity index (χ4v) is 1.37. The van der Waals surface area contributed by atoms with Gasteiger partial charge in [0, 0.05) is 12.8 Å². The minimum atomic E-state index is 0.814. The number of hydrogen-bond donors (Lipinski definition) is 1. The lowest BCUT2D eigenvalue weighted by atomic mass is 9.98. The summed E-state index contributed by atoms with van der Waals surface area (Å²) in [4.78, 5) is 1.67. The van der Waals surface area contributed by atoms with Gasteiger partial charge in [-0.3, -0.25) is 0 Å². The molecule has 0 atom stereocenters. The summed E-state index contributed by atoms with van der Waals surface area (Å²) in [6.45, 7) is 6.46. The fourth-order valence-electron chi connectivity index (χ4n) is 1.37. The third-order valence-electron chi connectivity index (χ3n) is 2.22. The quantitative estimate of drug-likeness (QED) is 0.475. The van der Waals surface area contributed by atoms with Gasteiger partial charge in [0.25, 0.3) is 0 Å². The Kier molecular flexibility index (Phi) is 2.29. The van der Waals surface area contributed by atoms with Gasteiger partial charge >= 0.3 is 0 Å². The molecule has 52 valence electrons. The number of piperidine rings is 1. The highest BCUT2D eigenvalue weighted by Crippen LogP contribution is 2.08. The van der Waals surface area contributed by atoms with Crippen molar-refractivity contribution in [3.05, 3.63) is 12.7 Å². The van der Waals surface area contributed by atoms with Gasteiger partial charge in [-0.05, 0) is 5.92 Å². The zero-order valence-electron chi connectivity index (χ0n) is 6.19. The molecule has 0 amide bonds. The average Bonchev–Trinajstić information content (AvgIpc) is 1.90. The van der Waals surface area contributed by atoms with Crippen molar-refractivity contribution in [2.24, 2.45) is 5.92 Å². The van der Waals surface area contributed by atoms with Gasteiger partial charge in [0.1, 0.15) is 0 Å². The standard InChI is InChI=1S/C8H15N/c1-3-8-4-6-9(2)7-5-8/h3,8H,1,4-7H2,2H3/p+1. The number of nitrogens with one attached hydrogen (secondary N) is 1. The monoisotopic (exact) mass is 126 g/mol. The van der Waals surface area contributed by atoms with E-state index in [-0.39, 0.29) is 0 Å². The molecule has 0 spiro atoms. The van der Waals surface area contributed by atoms with E-state index < -0.39 is 0 Å². The molecule has 0 aromatic carbocycles. The van der Waals surface area contributed by atoms with Gasteiger partial charge in [-0.15, -0.1) is 6.58 Å². The Hall–Kier alpha value is -0.300. The maximum Gasteiger partial charge on any atom is 0.0774 e. The molecule has 0 aromatic rings. The highest BCUT2D eigenvalue weighted by Gasteiger charge is 2.15. The molecule has 1 saturated heterocycles. The molecule has 0 unspecified atom stereocenters. The number of likely N-dealkylation sites (tertiary alicyclic amines) is 1. The zero-order chi connectivity index (χ0) is 6.69. The highest BCUT2D eigenvalue weighted by atomic mass is 15.1. The molecule has 9 heavy (non-hydrogen) atoms. The molecule has 1 heteroatoms. The first-order chi connectivity index (χ1) is 4.33. The van der Waals surface area contributed by atoms with E-state index in [2.05, 4.69) is 19.7 Å². The predicted octanol–water partition coefficient (Wildman–Crippen LogP) is 0.0971. The molecule has 0 aliphatic carbocycles. The van der Waals surface area contributed by atoms with E-state index >= 15 is 0 Å². The van der Waals surface area contributed by atoms with Crippen LogP contribution >= 0.6 is 0 Å². The number of allylic oxidation sites excluding steroid dienone is 1. The van der Waals surface area contributed by atoms with Crippen molar-refractivity contribution in [3.8, 4) is 0 Å². The molecular formula is C8H16N+. The SMILES string of the molecule is C=CC1CC[NH+](C)CC1. The molecule has 1 nitrogen and oxygen atoms in total. The van der Waals surface area contributed by atoms with Crippen molar-refractivity contribution < 1.29 is 4.90 Å². The van der Waals surface area contributed by atoms with Crippen LogP contribution in [0.1, 0.15) is 12.8 Å². The van der Waals surface area contributed by atoms with Crippen molar-refractivity contribution in [1.29, 1.82) is 0 Å². The van der Waals surface area contributed by atoms with E-state index in [9.17, 15) is 0 Å².